The van der Waals surface area contributed by atoms with Gasteiger partial charge in [-0.1, -0.05) is 18.2 Å². The second-order valence-corrected chi connectivity index (χ2v) is 16.6. The summed E-state index contributed by atoms with van der Waals surface area (Å²) in [7, 11) is 3.86. The lowest BCUT2D eigenvalue weighted by Crippen LogP contribution is -2.55. The van der Waals surface area contributed by atoms with E-state index in [1.165, 1.54) is 21.1 Å². The predicted octanol–water partition coefficient (Wildman–Crippen LogP) is 6.88. The third-order valence-electron chi connectivity index (χ3n) is 12.8. The highest BCUT2D eigenvalue weighted by molar-refractivity contribution is 6.07. The van der Waals surface area contributed by atoms with Crippen LogP contribution in [0, 0.1) is 0 Å². The van der Waals surface area contributed by atoms with Crippen molar-refractivity contribution < 1.29 is 51.6 Å². The number of alkyl halides is 2. The zero-order chi connectivity index (χ0) is 45.6. The molecule has 5 aromatic rings. The summed E-state index contributed by atoms with van der Waals surface area (Å²) < 4.78 is 52.3. The molecule has 17 nitrogen and oxygen atoms in total. The van der Waals surface area contributed by atoms with Gasteiger partial charge in [0.1, 0.15) is 36.1 Å². The summed E-state index contributed by atoms with van der Waals surface area (Å²) in [5.74, 6) is 1.01. The second kappa shape index (κ2) is 18.0. The molecule has 5 heterocycles. The van der Waals surface area contributed by atoms with E-state index in [1.807, 2.05) is 50.2 Å². The van der Waals surface area contributed by atoms with E-state index in [0.717, 1.165) is 57.6 Å². The number of nitrogens with zero attached hydrogens (tertiary/aromatic N) is 4. The van der Waals surface area contributed by atoms with Gasteiger partial charge in [-0.25, -0.2) is 19.6 Å². The van der Waals surface area contributed by atoms with Crippen LogP contribution in [0.1, 0.15) is 82.7 Å². The molecule has 0 radical (unpaired) electrons. The molecule has 2 saturated heterocycles. The minimum absolute atomic E-state index is 0.105. The van der Waals surface area contributed by atoms with Gasteiger partial charge in [0.05, 0.1) is 61.4 Å². The first-order chi connectivity index (χ1) is 30.7. The largest absolute Gasteiger partial charge is 0.488 e. The highest BCUT2D eigenvalue weighted by Gasteiger charge is 2.44. The van der Waals surface area contributed by atoms with Crippen molar-refractivity contribution in [1.29, 1.82) is 0 Å². The lowest BCUT2D eigenvalue weighted by atomic mass is 9.92. The van der Waals surface area contributed by atoms with Crippen molar-refractivity contribution in [3.63, 3.8) is 0 Å². The number of imidazole rings is 2. The van der Waals surface area contributed by atoms with Gasteiger partial charge in [-0.3, -0.25) is 9.59 Å². The maximum atomic E-state index is 14.0. The number of rotatable bonds is 12. The number of aromatic nitrogens is 4. The van der Waals surface area contributed by atoms with Crippen LogP contribution in [0.4, 0.5) is 18.4 Å². The maximum absolute atomic E-state index is 14.0. The lowest BCUT2D eigenvalue weighted by molar-refractivity contribution is -0.172. The molecule has 0 spiro atoms. The first kappa shape index (κ1) is 44.3. The zero-order valence-corrected chi connectivity index (χ0v) is 36.6. The molecule has 64 heavy (non-hydrogen) atoms. The van der Waals surface area contributed by atoms with Gasteiger partial charge < -0.3 is 54.1 Å². The molecule has 8 rings (SSSR count). The number of carbonyl (C=O) groups excluding carboxylic acids is 4. The number of fused-ring (bicyclic) bond motifs is 6. The van der Waals surface area contributed by atoms with E-state index < -0.39 is 55.0 Å². The smallest absolute Gasteiger partial charge is 0.407 e. The average Bonchev–Trinajstić information content (AvgIpc) is 4.11. The molecule has 0 saturated carbocycles. The van der Waals surface area contributed by atoms with Gasteiger partial charge in [0, 0.05) is 30.1 Å². The highest BCUT2D eigenvalue weighted by Crippen LogP contribution is 2.44. The number of alkyl carbamates (subject to hydrolysis) is 2. The Bertz CT molecular complexity index is 2580. The molecule has 4 N–H and O–H groups in total. The topological polar surface area (TPSA) is 202 Å². The molecule has 2 aromatic heterocycles. The van der Waals surface area contributed by atoms with E-state index in [2.05, 4.69) is 41.1 Å². The first-order valence-electron chi connectivity index (χ1n) is 21.3. The molecule has 3 aromatic carbocycles. The van der Waals surface area contributed by atoms with Crippen molar-refractivity contribution >= 4 is 45.8 Å². The summed E-state index contributed by atoms with van der Waals surface area (Å²) in [4.78, 5) is 72.3. The number of ether oxygens (including phenoxy) is 5. The molecule has 19 heteroatoms. The number of methoxy groups -OCH3 is 3. The summed E-state index contributed by atoms with van der Waals surface area (Å²) >= 11 is 0. The molecular weight excluding hydrogens is 835 g/mol. The molecule has 2 fully saturated rings. The number of hydrogen-bond donors (Lipinski definition) is 4. The Balaban J connectivity index is 1.04. The number of nitrogens with one attached hydrogen (secondary N) is 4. The monoisotopic (exact) mass is 886 g/mol. The molecule has 4 amide bonds. The molecule has 3 aliphatic rings. The fourth-order valence-electron chi connectivity index (χ4n) is 9.36. The Labute approximate surface area is 367 Å². The lowest BCUT2D eigenvalue weighted by Gasteiger charge is -2.33. The first-order valence-corrected chi connectivity index (χ1v) is 21.3. The van der Waals surface area contributed by atoms with Crippen LogP contribution in [0.3, 0.4) is 0 Å². The van der Waals surface area contributed by atoms with E-state index >= 15 is 0 Å². The fraction of sp³-hybridized carbons (Fsp3) is 0.467. The Hall–Kier alpha value is -6.34. The summed E-state index contributed by atoms with van der Waals surface area (Å²) in [6.45, 7) is 4.02. The molecule has 0 aliphatic carbocycles. The Morgan fingerprint density at radius 1 is 0.797 bits per heavy atom. The molecule has 0 bridgehead atoms. The Kier molecular flexibility index (Phi) is 12.5. The minimum Gasteiger partial charge on any atom is -0.488 e. The van der Waals surface area contributed by atoms with Gasteiger partial charge in [0.2, 0.25) is 11.8 Å². The molecule has 8 atom stereocenters. The van der Waals surface area contributed by atoms with Gasteiger partial charge in [0.15, 0.2) is 0 Å². The van der Waals surface area contributed by atoms with E-state index in [0.29, 0.717) is 49.0 Å². The number of carbonyl (C=O) groups is 4. The van der Waals surface area contributed by atoms with Gasteiger partial charge in [0.25, 0.3) is 0 Å². The number of halogens is 2. The van der Waals surface area contributed by atoms with Crippen LogP contribution >= 0.6 is 0 Å². The molecular formula is C45H52F2N8O9. The number of benzene rings is 3. The van der Waals surface area contributed by atoms with E-state index in [9.17, 15) is 28.0 Å². The second-order valence-electron chi connectivity index (χ2n) is 16.6. The van der Waals surface area contributed by atoms with E-state index in [-0.39, 0.29) is 24.0 Å². The van der Waals surface area contributed by atoms with Crippen LogP contribution in [0.2, 0.25) is 0 Å². The minimum atomic E-state index is -3.15. The van der Waals surface area contributed by atoms with Gasteiger partial charge in [-0.05, 0) is 99.7 Å². The van der Waals surface area contributed by atoms with E-state index in [4.69, 9.17) is 19.2 Å². The van der Waals surface area contributed by atoms with Crippen LogP contribution in [0.5, 0.6) is 5.75 Å². The molecule has 340 valence electrons. The van der Waals surface area contributed by atoms with Crippen LogP contribution in [0.15, 0.2) is 48.7 Å². The third kappa shape index (κ3) is 8.29. The van der Waals surface area contributed by atoms with Crippen LogP contribution in [-0.4, -0.2) is 118 Å². The quantitative estimate of drug-likeness (QED) is 0.102. The molecule has 3 aliphatic heterocycles. The fourth-order valence-corrected chi connectivity index (χ4v) is 9.36. The van der Waals surface area contributed by atoms with Crippen molar-refractivity contribution in [3.8, 4) is 28.1 Å². The summed E-state index contributed by atoms with van der Waals surface area (Å²) in [5.41, 5.74) is 6.02. The van der Waals surface area contributed by atoms with E-state index in [1.54, 1.807) is 22.9 Å². The van der Waals surface area contributed by atoms with Crippen molar-refractivity contribution in [2.75, 3.05) is 21.3 Å². The van der Waals surface area contributed by atoms with Gasteiger partial charge in [-0.15, -0.1) is 0 Å². The summed E-state index contributed by atoms with van der Waals surface area (Å²) in [5, 5.41) is 6.86. The number of hydrogen-bond acceptors (Lipinski definition) is 11. The number of aromatic amines is 2. The van der Waals surface area contributed by atoms with Crippen LogP contribution in [-0.2, 0) is 35.1 Å². The number of H-pyrrole nitrogens is 2. The number of amides is 4. The maximum Gasteiger partial charge on any atom is 0.407 e. The third-order valence-corrected chi connectivity index (χ3v) is 12.8. The molecule has 1 unspecified atom stereocenters. The number of likely N-dealkylation sites (tertiary alicyclic amines) is 2. The van der Waals surface area contributed by atoms with Gasteiger partial charge >= 0.3 is 18.8 Å². The Morgan fingerprint density at radius 2 is 1.44 bits per heavy atom. The highest BCUT2D eigenvalue weighted by atomic mass is 19.3. The SMILES string of the molecule is COC(=O)NC(C(=O)N1[C@@H](C)CC[C@H]1c1ncc(-c2ccc3c(c2)COc2cc4c(ccc5[nH]c([C@@H]6CC[C@H](C)N6C(=O)[C@@H](NC(=O)OC)[C@@H](C)OC)nc54)cc2-3)[nH]1)[C@@H](C)OC(F)F. The zero-order valence-electron chi connectivity index (χ0n) is 36.6. The predicted molar refractivity (Wildman–Crippen MR) is 229 cm³/mol. The van der Waals surface area contributed by atoms with Crippen LogP contribution in [0.25, 0.3) is 44.2 Å². The normalized spacial score (nSPS) is 21.2. The van der Waals surface area contributed by atoms with Crippen LogP contribution < -0.4 is 15.4 Å². The Morgan fingerprint density at radius 3 is 2.06 bits per heavy atom. The van der Waals surface area contributed by atoms with Gasteiger partial charge in [-0.2, -0.15) is 8.78 Å². The average molecular weight is 887 g/mol. The van der Waals surface area contributed by atoms with Crippen molar-refractivity contribution in [2.24, 2.45) is 0 Å². The standard InChI is InChI=1S/C45H52F2N8O9/c1-21-8-14-33(54(21)42(57)37(53-45(59)62-7)24(4)64-43(46)47)39-48-19-32(50-39)26-10-12-28-27(16-26)20-63-35-18-29-25(17-30(28)35)11-13-31-38(29)51-40(49-31)34-15-9-22(2)55(34)41(56)36(23(3)60-5)52-44(58)61-6/h10-13,16-19,21-24,33-34,36-37,43H,8-9,14-15,20H2,1-7H3,(H,48,50)(H,49,51)(H,52,58)(H,53,59)/t21-,22-,23+,24+,33-,34-,36-,37?/m0/s1. The van der Waals surface area contributed by atoms with Crippen molar-refractivity contribution in [1.82, 2.24) is 40.4 Å². The van der Waals surface area contributed by atoms with Crippen molar-refractivity contribution in [2.45, 2.75) is 115 Å². The van der Waals surface area contributed by atoms with Crippen molar-refractivity contribution in [3.05, 3.63) is 65.9 Å². The summed E-state index contributed by atoms with van der Waals surface area (Å²) in [6, 6.07) is 10.6. The summed E-state index contributed by atoms with van der Waals surface area (Å²) in [6.07, 6.45) is 0.718.